The summed E-state index contributed by atoms with van der Waals surface area (Å²) < 4.78 is 0. The first kappa shape index (κ1) is 9.54. The number of rotatable bonds is 0. The van der Waals surface area contributed by atoms with Crippen molar-refractivity contribution in [1.82, 2.24) is 0 Å². The van der Waals surface area contributed by atoms with Crippen LogP contribution in [0.2, 0.25) is 0 Å². The van der Waals surface area contributed by atoms with Gasteiger partial charge in [0.2, 0.25) is 0 Å². The van der Waals surface area contributed by atoms with Crippen molar-refractivity contribution < 1.29 is 0 Å². The Kier molecular flexibility index (Phi) is 2.24. The predicted molar refractivity (Wildman–Crippen MR) is 59.3 cm³/mol. The number of nitrogen functional groups attached to an aromatic ring is 1. The van der Waals surface area contributed by atoms with Crippen molar-refractivity contribution in [1.29, 1.82) is 5.26 Å². The van der Waals surface area contributed by atoms with Crippen molar-refractivity contribution >= 4 is 16.3 Å². The maximum Gasteiger partial charge on any atom is 0.104 e. The number of nitrogens with zero attached hydrogens (tertiary/aromatic N) is 1. The minimum absolute atomic E-state index is 0.572. The molecule has 0 amide bonds. The molecule has 0 aliphatic heterocycles. The van der Waals surface area contributed by atoms with Crippen LogP contribution < -0.4 is 5.73 Å². The molecule has 1 aromatic heterocycles. The number of hydrogen-bond donors (Lipinski definition) is 1. The number of hydrogen-bond acceptors (Lipinski definition) is 3. The van der Waals surface area contributed by atoms with Crippen molar-refractivity contribution in [2.75, 3.05) is 5.73 Å². The van der Waals surface area contributed by atoms with Crippen molar-refractivity contribution in [3.63, 3.8) is 0 Å². The fraction of sp³-hybridized carbons (Fsp3) is 0.545. The third kappa shape index (κ3) is 1.31. The highest BCUT2D eigenvalue weighted by molar-refractivity contribution is 7.16. The van der Waals surface area contributed by atoms with Gasteiger partial charge in [-0.2, -0.15) is 5.26 Å². The van der Waals surface area contributed by atoms with Gasteiger partial charge >= 0.3 is 0 Å². The molecule has 1 heterocycles. The largest absolute Gasteiger partial charge is 0.389 e. The highest BCUT2D eigenvalue weighted by Crippen LogP contribution is 2.43. The SMILES string of the molecule is C[C@H]1Cc2c(sc(N)c2C#N)[C@@H](C)C1. The molecule has 0 unspecified atom stereocenters. The molecule has 0 fully saturated rings. The Hall–Kier alpha value is -1.01. The number of nitrogens with two attached hydrogens (primary N) is 1. The third-order valence-electron chi connectivity index (χ3n) is 2.93. The molecule has 2 N–H and O–H groups in total. The minimum Gasteiger partial charge on any atom is -0.389 e. The molecule has 2 atom stereocenters. The van der Waals surface area contributed by atoms with Gasteiger partial charge in [0.15, 0.2) is 0 Å². The van der Waals surface area contributed by atoms with Gasteiger partial charge in [-0.15, -0.1) is 11.3 Å². The molecule has 2 rings (SSSR count). The first-order valence-electron chi connectivity index (χ1n) is 4.94. The second-order valence-corrected chi connectivity index (χ2v) is 5.33. The minimum atomic E-state index is 0.572. The van der Waals surface area contributed by atoms with Crippen LogP contribution in [0.4, 0.5) is 5.00 Å². The van der Waals surface area contributed by atoms with E-state index in [0.717, 1.165) is 12.0 Å². The molecule has 74 valence electrons. The summed E-state index contributed by atoms with van der Waals surface area (Å²) >= 11 is 1.61. The Balaban J connectivity index is 2.55. The van der Waals surface area contributed by atoms with E-state index in [1.165, 1.54) is 16.9 Å². The van der Waals surface area contributed by atoms with E-state index in [4.69, 9.17) is 11.0 Å². The Labute approximate surface area is 88.4 Å². The summed E-state index contributed by atoms with van der Waals surface area (Å²) in [5.41, 5.74) is 7.80. The third-order valence-corrected chi connectivity index (χ3v) is 4.23. The van der Waals surface area contributed by atoms with Gasteiger partial charge in [-0.05, 0) is 30.2 Å². The maximum atomic E-state index is 9.01. The first-order chi connectivity index (χ1) is 6.63. The second-order valence-electron chi connectivity index (χ2n) is 4.24. The van der Waals surface area contributed by atoms with Crippen molar-refractivity contribution in [2.24, 2.45) is 5.92 Å². The van der Waals surface area contributed by atoms with E-state index >= 15 is 0 Å². The van der Waals surface area contributed by atoms with Crippen LogP contribution in [-0.2, 0) is 6.42 Å². The summed E-state index contributed by atoms with van der Waals surface area (Å²) in [4.78, 5) is 1.34. The summed E-state index contributed by atoms with van der Waals surface area (Å²) in [5.74, 6) is 1.25. The van der Waals surface area contributed by atoms with E-state index in [9.17, 15) is 0 Å². The average Bonchev–Trinajstić information content (AvgIpc) is 2.41. The lowest BCUT2D eigenvalue weighted by atomic mass is 9.82. The smallest absolute Gasteiger partial charge is 0.104 e. The van der Waals surface area contributed by atoms with Crippen molar-refractivity contribution in [2.45, 2.75) is 32.6 Å². The maximum absolute atomic E-state index is 9.01. The molecule has 1 aromatic rings. The Morgan fingerprint density at radius 3 is 2.86 bits per heavy atom. The van der Waals surface area contributed by atoms with Gasteiger partial charge in [-0.25, -0.2) is 0 Å². The lowest BCUT2D eigenvalue weighted by Gasteiger charge is -2.24. The van der Waals surface area contributed by atoms with Gasteiger partial charge in [0.1, 0.15) is 11.1 Å². The van der Waals surface area contributed by atoms with Crippen molar-refractivity contribution in [3.8, 4) is 6.07 Å². The summed E-state index contributed by atoms with van der Waals surface area (Å²) in [5, 5.41) is 9.72. The number of anilines is 1. The highest BCUT2D eigenvalue weighted by Gasteiger charge is 2.27. The summed E-state index contributed by atoms with van der Waals surface area (Å²) in [6, 6.07) is 2.23. The molecule has 0 saturated heterocycles. The zero-order valence-corrected chi connectivity index (χ0v) is 9.32. The summed E-state index contributed by atoms with van der Waals surface area (Å²) in [6.45, 7) is 4.47. The zero-order valence-electron chi connectivity index (χ0n) is 8.50. The normalized spacial score (nSPS) is 25.5. The molecule has 0 bridgehead atoms. The van der Waals surface area contributed by atoms with E-state index in [-0.39, 0.29) is 0 Å². The van der Waals surface area contributed by atoms with Crippen LogP contribution in [0.1, 0.15) is 42.2 Å². The monoisotopic (exact) mass is 206 g/mol. The quantitative estimate of drug-likeness (QED) is 0.709. The highest BCUT2D eigenvalue weighted by atomic mass is 32.1. The standard InChI is InChI=1S/C11H14N2S/c1-6-3-7(2)10-8(4-6)9(5-12)11(13)14-10/h6-7H,3-4,13H2,1-2H3/t6-,7+/m1/s1. The molecule has 1 aliphatic carbocycles. The van der Waals surface area contributed by atoms with E-state index in [1.54, 1.807) is 11.3 Å². The molecular formula is C11H14N2S. The average molecular weight is 206 g/mol. The van der Waals surface area contributed by atoms with Crippen LogP contribution >= 0.6 is 11.3 Å². The van der Waals surface area contributed by atoms with Crippen LogP contribution in [0, 0.1) is 17.2 Å². The number of fused-ring (bicyclic) bond motifs is 1. The number of nitriles is 1. The van der Waals surface area contributed by atoms with Crippen LogP contribution in [0.5, 0.6) is 0 Å². The molecule has 1 aliphatic rings. The van der Waals surface area contributed by atoms with E-state index < -0.39 is 0 Å². The molecule has 0 aromatic carbocycles. The van der Waals surface area contributed by atoms with Gasteiger partial charge in [0, 0.05) is 4.88 Å². The Morgan fingerprint density at radius 1 is 1.50 bits per heavy atom. The summed E-state index contributed by atoms with van der Waals surface area (Å²) in [6.07, 6.45) is 2.24. The Morgan fingerprint density at radius 2 is 2.21 bits per heavy atom. The first-order valence-corrected chi connectivity index (χ1v) is 5.76. The Bertz CT molecular complexity index is 400. The fourth-order valence-corrected chi connectivity index (χ4v) is 3.48. The van der Waals surface area contributed by atoms with Gasteiger partial charge < -0.3 is 5.73 Å². The second kappa shape index (κ2) is 3.29. The molecule has 3 heteroatoms. The lowest BCUT2D eigenvalue weighted by molar-refractivity contribution is 0.456. The molecular weight excluding hydrogens is 192 g/mol. The lowest BCUT2D eigenvalue weighted by Crippen LogP contribution is -2.13. The summed E-state index contributed by atoms with van der Waals surface area (Å²) in [7, 11) is 0. The molecule has 0 radical (unpaired) electrons. The zero-order chi connectivity index (χ0) is 10.3. The van der Waals surface area contributed by atoms with Gasteiger partial charge in [-0.1, -0.05) is 13.8 Å². The molecule has 2 nitrogen and oxygen atoms in total. The van der Waals surface area contributed by atoms with Crippen LogP contribution in [0.25, 0.3) is 0 Å². The molecule has 0 spiro atoms. The molecule has 14 heavy (non-hydrogen) atoms. The van der Waals surface area contributed by atoms with Crippen molar-refractivity contribution in [3.05, 3.63) is 16.0 Å². The topological polar surface area (TPSA) is 49.8 Å². The van der Waals surface area contributed by atoms with Gasteiger partial charge in [0.25, 0.3) is 0 Å². The number of thiophene rings is 1. The van der Waals surface area contributed by atoms with Crippen LogP contribution in [0.3, 0.4) is 0 Å². The van der Waals surface area contributed by atoms with Crippen LogP contribution in [-0.4, -0.2) is 0 Å². The van der Waals surface area contributed by atoms with Gasteiger partial charge in [-0.3, -0.25) is 0 Å². The van der Waals surface area contributed by atoms with E-state index in [0.29, 0.717) is 16.8 Å². The predicted octanol–water partition coefficient (Wildman–Crippen LogP) is 2.89. The van der Waals surface area contributed by atoms with E-state index in [2.05, 4.69) is 19.9 Å². The molecule has 0 saturated carbocycles. The van der Waals surface area contributed by atoms with E-state index in [1.807, 2.05) is 0 Å². The van der Waals surface area contributed by atoms with Gasteiger partial charge in [0.05, 0.1) is 5.56 Å². The fourth-order valence-electron chi connectivity index (χ4n) is 2.37. The van der Waals surface area contributed by atoms with Crippen LogP contribution in [0.15, 0.2) is 0 Å².